The largest absolute Gasteiger partial charge is 0.496 e. The number of carbonyl (C=O) groups is 1. The van der Waals surface area contributed by atoms with Crippen LogP contribution in [0.25, 0.3) is 0 Å². The van der Waals surface area contributed by atoms with Crippen molar-refractivity contribution in [2.24, 2.45) is 0 Å². The van der Waals surface area contributed by atoms with Crippen molar-refractivity contribution in [3.05, 3.63) is 28.2 Å². The summed E-state index contributed by atoms with van der Waals surface area (Å²) >= 11 is 3.37. The first-order valence-electron chi connectivity index (χ1n) is 4.96. The third-order valence-electron chi connectivity index (χ3n) is 2.41. The second-order valence-corrected chi connectivity index (χ2v) is 4.39. The number of hydrogen-bond acceptors (Lipinski definition) is 3. The van der Waals surface area contributed by atoms with Gasteiger partial charge in [0.05, 0.1) is 7.11 Å². The maximum Gasteiger partial charge on any atom is 0.165 e. The summed E-state index contributed by atoms with van der Waals surface area (Å²) in [6.07, 6.45) is -0.0684. The van der Waals surface area contributed by atoms with E-state index in [0.29, 0.717) is 6.42 Å². The highest BCUT2D eigenvalue weighted by atomic mass is 79.9. The summed E-state index contributed by atoms with van der Waals surface area (Å²) in [6, 6.07) is 5.61. The highest BCUT2D eigenvalue weighted by molar-refractivity contribution is 9.10. The molecule has 16 heavy (non-hydrogen) atoms. The van der Waals surface area contributed by atoms with E-state index in [9.17, 15) is 4.79 Å². The lowest BCUT2D eigenvalue weighted by molar-refractivity contribution is -0.127. The molecule has 0 bridgehead atoms. The van der Waals surface area contributed by atoms with Crippen LogP contribution in [0.4, 0.5) is 0 Å². The van der Waals surface area contributed by atoms with E-state index in [0.717, 1.165) is 15.8 Å². The lowest BCUT2D eigenvalue weighted by Crippen LogP contribution is -2.21. The lowest BCUT2D eigenvalue weighted by atomic mass is 10.1. The number of ketones is 1. The molecule has 88 valence electrons. The molecule has 1 unspecified atom stereocenters. The average Bonchev–Trinajstić information content (AvgIpc) is 2.28. The molecule has 0 aromatic heterocycles. The molecule has 0 aliphatic heterocycles. The SMILES string of the molecule is COc1ccc(Br)cc1CC(=O)C(C)OC. The van der Waals surface area contributed by atoms with Crippen LogP contribution in [0.3, 0.4) is 0 Å². The van der Waals surface area contributed by atoms with Crippen molar-refractivity contribution in [2.75, 3.05) is 14.2 Å². The quantitative estimate of drug-likeness (QED) is 0.835. The first-order valence-corrected chi connectivity index (χ1v) is 5.75. The summed E-state index contributed by atoms with van der Waals surface area (Å²) in [5.41, 5.74) is 0.866. The van der Waals surface area contributed by atoms with E-state index in [2.05, 4.69) is 15.9 Å². The number of halogens is 1. The third kappa shape index (κ3) is 3.32. The number of rotatable bonds is 5. The maximum atomic E-state index is 11.7. The topological polar surface area (TPSA) is 35.5 Å². The van der Waals surface area contributed by atoms with Crippen molar-refractivity contribution in [3.63, 3.8) is 0 Å². The van der Waals surface area contributed by atoms with E-state index in [1.807, 2.05) is 18.2 Å². The van der Waals surface area contributed by atoms with E-state index < -0.39 is 0 Å². The predicted molar refractivity (Wildman–Crippen MR) is 65.9 cm³/mol. The summed E-state index contributed by atoms with van der Waals surface area (Å²) in [5.74, 6) is 0.763. The van der Waals surface area contributed by atoms with Crippen LogP contribution >= 0.6 is 15.9 Å². The molecule has 0 saturated heterocycles. The summed E-state index contributed by atoms with van der Waals surface area (Å²) in [7, 11) is 3.12. The van der Waals surface area contributed by atoms with Gasteiger partial charge in [0.1, 0.15) is 11.9 Å². The van der Waals surface area contributed by atoms with Crippen LogP contribution in [0.1, 0.15) is 12.5 Å². The zero-order chi connectivity index (χ0) is 12.1. The molecule has 1 atom stereocenters. The van der Waals surface area contributed by atoms with Gasteiger partial charge < -0.3 is 9.47 Å². The van der Waals surface area contributed by atoms with Crippen LogP contribution in [0, 0.1) is 0 Å². The number of hydrogen-bond donors (Lipinski definition) is 0. The van der Waals surface area contributed by atoms with Crippen LogP contribution in [-0.4, -0.2) is 26.1 Å². The second kappa shape index (κ2) is 6.01. The minimum absolute atomic E-state index is 0.0406. The van der Waals surface area contributed by atoms with Crippen molar-refractivity contribution in [3.8, 4) is 5.75 Å². The van der Waals surface area contributed by atoms with Crippen LogP contribution in [0.2, 0.25) is 0 Å². The van der Waals surface area contributed by atoms with E-state index in [1.165, 1.54) is 7.11 Å². The van der Waals surface area contributed by atoms with Crippen LogP contribution < -0.4 is 4.74 Å². The molecule has 0 spiro atoms. The Hall–Kier alpha value is -0.870. The van der Waals surface area contributed by atoms with Gasteiger partial charge in [-0.1, -0.05) is 15.9 Å². The minimum Gasteiger partial charge on any atom is -0.496 e. The Kier molecular flexibility index (Phi) is 4.96. The molecule has 1 aromatic carbocycles. The second-order valence-electron chi connectivity index (χ2n) is 3.48. The average molecular weight is 287 g/mol. The molecule has 0 aliphatic carbocycles. The van der Waals surface area contributed by atoms with Gasteiger partial charge in [0, 0.05) is 23.6 Å². The van der Waals surface area contributed by atoms with Gasteiger partial charge in [-0.2, -0.15) is 0 Å². The van der Waals surface area contributed by atoms with Gasteiger partial charge >= 0.3 is 0 Å². The fraction of sp³-hybridized carbons (Fsp3) is 0.417. The molecule has 1 aromatic rings. The van der Waals surface area contributed by atoms with Crippen LogP contribution in [-0.2, 0) is 16.0 Å². The van der Waals surface area contributed by atoms with Gasteiger partial charge in [0.2, 0.25) is 0 Å². The molecule has 1 rings (SSSR count). The molecule has 0 fully saturated rings. The smallest absolute Gasteiger partial charge is 0.165 e. The molecule has 0 radical (unpaired) electrons. The Balaban J connectivity index is 2.87. The first-order chi connectivity index (χ1) is 7.58. The molecule has 3 nitrogen and oxygen atoms in total. The summed E-state index contributed by atoms with van der Waals surface area (Å²) in [6.45, 7) is 1.74. The number of benzene rings is 1. The Morgan fingerprint density at radius 2 is 2.12 bits per heavy atom. The monoisotopic (exact) mass is 286 g/mol. The van der Waals surface area contributed by atoms with Crippen molar-refractivity contribution < 1.29 is 14.3 Å². The van der Waals surface area contributed by atoms with E-state index in [4.69, 9.17) is 9.47 Å². The molecule has 0 saturated carbocycles. The maximum absolute atomic E-state index is 11.7. The molecule has 0 heterocycles. The van der Waals surface area contributed by atoms with Gasteiger partial charge in [-0.25, -0.2) is 0 Å². The zero-order valence-electron chi connectivity index (χ0n) is 9.62. The lowest BCUT2D eigenvalue weighted by Gasteiger charge is -2.11. The highest BCUT2D eigenvalue weighted by Gasteiger charge is 2.15. The Bertz CT molecular complexity index is 377. The third-order valence-corrected chi connectivity index (χ3v) is 2.91. The standard InChI is InChI=1S/C12H15BrO3/c1-8(15-2)11(14)7-9-6-10(13)4-5-12(9)16-3/h4-6,8H,7H2,1-3H3. The fourth-order valence-corrected chi connectivity index (χ4v) is 1.76. The van der Waals surface area contributed by atoms with Gasteiger partial charge in [-0.05, 0) is 25.1 Å². The van der Waals surface area contributed by atoms with Crippen LogP contribution in [0.5, 0.6) is 5.75 Å². The van der Waals surface area contributed by atoms with Crippen molar-refractivity contribution >= 4 is 21.7 Å². The normalized spacial score (nSPS) is 12.2. The number of Topliss-reactive ketones (excluding diaryl/α,β-unsaturated/α-hetero) is 1. The predicted octanol–water partition coefficient (Wildman–Crippen LogP) is 2.60. The Morgan fingerprint density at radius 3 is 2.69 bits per heavy atom. The molecule has 0 amide bonds. The van der Waals surface area contributed by atoms with E-state index in [1.54, 1.807) is 14.0 Å². The van der Waals surface area contributed by atoms with E-state index >= 15 is 0 Å². The van der Waals surface area contributed by atoms with Crippen molar-refractivity contribution in [1.29, 1.82) is 0 Å². The van der Waals surface area contributed by atoms with Gasteiger partial charge in [0.15, 0.2) is 5.78 Å². The molecular weight excluding hydrogens is 272 g/mol. The number of methoxy groups -OCH3 is 2. The summed E-state index contributed by atoms with van der Waals surface area (Å²) in [5, 5.41) is 0. The van der Waals surface area contributed by atoms with Gasteiger partial charge in [-0.15, -0.1) is 0 Å². The fourth-order valence-electron chi connectivity index (χ4n) is 1.35. The van der Waals surface area contributed by atoms with Crippen molar-refractivity contribution in [1.82, 2.24) is 0 Å². The van der Waals surface area contributed by atoms with Gasteiger partial charge in [0.25, 0.3) is 0 Å². The van der Waals surface area contributed by atoms with Crippen LogP contribution in [0.15, 0.2) is 22.7 Å². The number of ether oxygens (including phenoxy) is 2. The molecular formula is C12H15BrO3. The van der Waals surface area contributed by atoms with E-state index in [-0.39, 0.29) is 11.9 Å². The van der Waals surface area contributed by atoms with Gasteiger partial charge in [-0.3, -0.25) is 4.79 Å². The molecule has 0 aliphatic rings. The minimum atomic E-state index is -0.385. The van der Waals surface area contributed by atoms with Crippen molar-refractivity contribution in [2.45, 2.75) is 19.4 Å². The summed E-state index contributed by atoms with van der Waals surface area (Å²) < 4.78 is 11.1. The molecule has 0 N–H and O–H groups in total. The number of carbonyl (C=O) groups excluding carboxylic acids is 1. The summed E-state index contributed by atoms with van der Waals surface area (Å²) in [4.78, 5) is 11.7. The Morgan fingerprint density at radius 1 is 1.44 bits per heavy atom. The first kappa shape index (κ1) is 13.2. The molecule has 4 heteroatoms. The highest BCUT2D eigenvalue weighted by Crippen LogP contribution is 2.23. The zero-order valence-corrected chi connectivity index (χ0v) is 11.2. The Labute approximate surface area is 104 Å².